The van der Waals surface area contributed by atoms with Gasteiger partial charge in [-0.2, -0.15) is 4.98 Å². The van der Waals surface area contributed by atoms with E-state index in [9.17, 15) is 4.79 Å². The van der Waals surface area contributed by atoms with Crippen molar-refractivity contribution in [1.29, 1.82) is 0 Å². The van der Waals surface area contributed by atoms with Gasteiger partial charge in [0.05, 0.1) is 5.54 Å². The smallest absolute Gasteiger partial charge is 0.252 e. The van der Waals surface area contributed by atoms with E-state index < -0.39 is 5.54 Å². The van der Waals surface area contributed by atoms with E-state index in [4.69, 9.17) is 10.3 Å². The number of aromatic nitrogens is 2. The average Bonchev–Trinajstić information content (AvgIpc) is 3.00. The predicted molar refractivity (Wildman–Crippen MR) is 97.5 cm³/mol. The van der Waals surface area contributed by atoms with E-state index >= 15 is 0 Å². The van der Waals surface area contributed by atoms with Gasteiger partial charge < -0.3 is 15.6 Å². The molecular weight excluding hydrogens is 340 g/mol. The van der Waals surface area contributed by atoms with Gasteiger partial charge in [0, 0.05) is 5.56 Å². The van der Waals surface area contributed by atoms with E-state index in [1.54, 1.807) is 0 Å². The molecule has 7 heteroatoms. The number of carbonyl (C=O) groups is 1. The van der Waals surface area contributed by atoms with Crippen LogP contribution in [-0.2, 0) is 5.54 Å². The van der Waals surface area contributed by atoms with Gasteiger partial charge in [-0.15, -0.1) is 12.4 Å². The fourth-order valence-electron chi connectivity index (χ4n) is 2.91. The van der Waals surface area contributed by atoms with Crippen molar-refractivity contribution in [2.24, 2.45) is 11.7 Å². The van der Waals surface area contributed by atoms with Crippen molar-refractivity contribution < 1.29 is 9.32 Å². The molecule has 1 amide bonds. The molecule has 2 aromatic rings. The lowest BCUT2D eigenvalue weighted by molar-refractivity contribution is 0.0913. The van der Waals surface area contributed by atoms with Crippen LogP contribution in [0, 0.1) is 12.8 Å². The van der Waals surface area contributed by atoms with Crippen LogP contribution in [0.5, 0.6) is 0 Å². The summed E-state index contributed by atoms with van der Waals surface area (Å²) >= 11 is 0. The van der Waals surface area contributed by atoms with Crippen LogP contribution in [0.3, 0.4) is 0 Å². The quantitative estimate of drug-likeness (QED) is 0.849. The van der Waals surface area contributed by atoms with Crippen molar-refractivity contribution in [3.05, 3.63) is 47.1 Å². The first-order valence-corrected chi connectivity index (χ1v) is 8.40. The Morgan fingerprint density at radius 2 is 2.00 bits per heavy atom. The topological polar surface area (TPSA) is 94.0 Å². The van der Waals surface area contributed by atoms with E-state index in [-0.39, 0.29) is 30.3 Å². The van der Waals surface area contributed by atoms with Gasteiger partial charge in [-0.25, -0.2) is 0 Å². The minimum atomic E-state index is -0.469. The highest BCUT2D eigenvalue weighted by Crippen LogP contribution is 2.37. The Balaban J connectivity index is 0.00000225. The summed E-state index contributed by atoms with van der Waals surface area (Å²) in [6.45, 7) is 5.93. The lowest BCUT2D eigenvalue weighted by Gasteiger charge is -2.34. The van der Waals surface area contributed by atoms with Gasteiger partial charge in [-0.3, -0.25) is 4.79 Å². The predicted octanol–water partition coefficient (Wildman–Crippen LogP) is 3.26. The second-order valence-electron chi connectivity index (χ2n) is 6.98. The molecule has 3 rings (SSSR count). The van der Waals surface area contributed by atoms with Crippen molar-refractivity contribution in [2.45, 2.75) is 51.6 Å². The number of amides is 1. The fourth-order valence-corrected chi connectivity index (χ4v) is 2.91. The second kappa shape index (κ2) is 7.54. The van der Waals surface area contributed by atoms with Crippen LogP contribution in [-0.4, -0.2) is 16.0 Å². The molecule has 0 radical (unpaired) electrons. The van der Waals surface area contributed by atoms with Crippen LogP contribution < -0.4 is 11.1 Å². The second-order valence-corrected chi connectivity index (χ2v) is 6.98. The average molecular weight is 365 g/mol. The molecule has 1 aromatic carbocycles. The maximum atomic E-state index is 12.6. The van der Waals surface area contributed by atoms with Crippen LogP contribution in [0.25, 0.3) is 0 Å². The van der Waals surface area contributed by atoms with E-state index in [0.717, 1.165) is 24.8 Å². The highest BCUT2D eigenvalue weighted by Gasteiger charge is 2.40. The molecule has 25 heavy (non-hydrogen) atoms. The summed E-state index contributed by atoms with van der Waals surface area (Å²) in [4.78, 5) is 17.1. The largest absolute Gasteiger partial charge is 0.340 e. The SMILES string of the molecule is Cc1ccccc1C(=O)NC(c1nc(C2(N)CCC2)no1)C(C)C.Cl. The summed E-state index contributed by atoms with van der Waals surface area (Å²) in [5.74, 6) is 0.928. The van der Waals surface area contributed by atoms with Gasteiger partial charge in [0.15, 0.2) is 5.82 Å². The number of aryl methyl sites for hydroxylation is 1. The number of carbonyl (C=O) groups excluding carboxylic acids is 1. The Bertz CT molecular complexity index is 740. The number of rotatable bonds is 5. The van der Waals surface area contributed by atoms with E-state index in [2.05, 4.69) is 15.5 Å². The van der Waals surface area contributed by atoms with Crippen LogP contribution in [0.1, 0.15) is 66.8 Å². The molecule has 0 bridgehead atoms. The molecule has 1 saturated carbocycles. The molecule has 1 fully saturated rings. The first-order valence-electron chi connectivity index (χ1n) is 8.40. The van der Waals surface area contributed by atoms with Crippen molar-refractivity contribution in [3.8, 4) is 0 Å². The molecule has 0 aliphatic heterocycles. The third-order valence-electron chi connectivity index (χ3n) is 4.74. The van der Waals surface area contributed by atoms with Gasteiger partial charge >= 0.3 is 0 Å². The van der Waals surface area contributed by atoms with Crippen molar-refractivity contribution in [2.75, 3.05) is 0 Å². The van der Waals surface area contributed by atoms with Crippen molar-refractivity contribution in [1.82, 2.24) is 15.5 Å². The van der Waals surface area contributed by atoms with Crippen LogP contribution in [0.15, 0.2) is 28.8 Å². The Labute approximate surface area is 154 Å². The number of nitrogens with one attached hydrogen (secondary N) is 1. The van der Waals surface area contributed by atoms with Crippen LogP contribution in [0.4, 0.5) is 0 Å². The fraction of sp³-hybridized carbons (Fsp3) is 0.500. The lowest BCUT2D eigenvalue weighted by Crippen LogP contribution is -2.44. The zero-order valence-corrected chi connectivity index (χ0v) is 15.6. The van der Waals surface area contributed by atoms with Gasteiger partial charge in [-0.1, -0.05) is 37.2 Å². The molecule has 3 N–H and O–H groups in total. The third kappa shape index (κ3) is 3.85. The lowest BCUT2D eigenvalue weighted by atomic mass is 9.77. The maximum Gasteiger partial charge on any atom is 0.252 e. The van der Waals surface area contributed by atoms with Gasteiger partial charge in [0.2, 0.25) is 5.89 Å². The van der Waals surface area contributed by atoms with Crippen LogP contribution >= 0.6 is 12.4 Å². The van der Waals surface area contributed by atoms with E-state index in [1.807, 2.05) is 45.0 Å². The normalized spacial score (nSPS) is 16.7. The molecule has 1 aliphatic carbocycles. The molecule has 1 unspecified atom stereocenters. The maximum absolute atomic E-state index is 12.6. The van der Waals surface area contributed by atoms with E-state index in [0.29, 0.717) is 17.3 Å². The van der Waals surface area contributed by atoms with E-state index in [1.165, 1.54) is 0 Å². The number of hydrogen-bond donors (Lipinski definition) is 2. The number of benzene rings is 1. The highest BCUT2D eigenvalue weighted by molar-refractivity contribution is 5.95. The first-order chi connectivity index (χ1) is 11.4. The minimum absolute atomic E-state index is 0. The standard InChI is InChI=1S/C18H24N4O2.ClH/c1-11(2)14(20-15(23)13-8-5-4-7-12(13)3)16-21-17(22-24-16)18(19)9-6-10-18;/h4-5,7-8,11,14H,6,9-10,19H2,1-3H3,(H,20,23);1H. The summed E-state index contributed by atoms with van der Waals surface area (Å²) in [6.07, 6.45) is 2.82. The zero-order valence-electron chi connectivity index (χ0n) is 14.8. The molecule has 1 aromatic heterocycles. The molecule has 1 heterocycles. The monoisotopic (exact) mass is 364 g/mol. The van der Waals surface area contributed by atoms with Gasteiger partial charge in [-0.05, 0) is 43.7 Å². The summed E-state index contributed by atoms with van der Waals surface area (Å²) in [5, 5.41) is 7.06. The third-order valence-corrected chi connectivity index (χ3v) is 4.74. The summed E-state index contributed by atoms with van der Waals surface area (Å²) in [6, 6.07) is 7.15. The molecule has 6 nitrogen and oxygen atoms in total. The number of nitrogens with zero attached hydrogens (tertiary/aromatic N) is 2. The molecule has 1 atom stereocenters. The number of nitrogens with two attached hydrogens (primary N) is 1. The molecular formula is C18H25ClN4O2. The number of hydrogen-bond acceptors (Lipinski definition) is 5. The molecule has 1 aliphatic rings. The van der Waals surface area contributed by atoms with Gasteiger partial charge in [0.25, 0.3) is 5.91 Å². The Kier molecular flexibility index (Phi) is 5.85. The first kappa shape index (κ1) is 19.4. The molecule has 0 saturated heterocycles. The van der Waals surface area contributed by atoms with Crippen molar-refractivity contribution >= 4 is 18.3 Å². The highest BCUT2D eigenvalue weighted by atomic mass is 35.5. The Morgan fingerprint density at radius 3 is 2.56 bits per heavy atom. The Morgan fingerprint density at radius 1 is 1.32 bits per heavy atom. The summed E-state index contributed by atoms with van der Waals surface area (Å²) in [5.41, 5.74) is 7.36. The van der Waals surface area contributed by atoms with Gasteiger partial charge in [0.1, 0.15) is 6.04 Å². The zero-order chi connectivity index (χ0) is 17.3. The minimum Gasteiger partial charge on any atom is -0.340 e. The molecule has 136 valence electrons. The van der Waals surface area contributed by atoms with Crippen molar-refractivity contribution in [3.63, 3.8) is 0 Å². The Hall–Kier alpha value is -1.92. The summed E-state index contributed by atoms with van der Waals surface area (Å²) in [7, 11) is 0. The number of halogens is 1. The van der Waals surface area contributed by atoms with Crippen LogP contribution in [0.2, 0.25) is 0 Å². The molecule has 0 spiro atoms. The summed E-state index contributed by atoms with van der Waals surface area (Å²) < 4.78 is 5.42.